The van der Waals surface area contributed by atoms with Crippen molar-refractivity contribution in [3.63, 3.8) is 0 Å². The molecule has 4 atom stereocenters. The summed E-state index contributed by atoms with van der Waals surface area (Å²) in [5.74, 6) is 0.973. The largest absolute Gasteiger partial charge is 0.381 e. The zero-order valence-corrected chi connectivity index (χ0v) is 10.5. The number of nitrogens with zero attached hydrogens (tertiary/aromatic N) is 1. The van der Waals surface area contributed by atoms with Gasteiger partial charge in [-0.15, -0.1) is 0 Å². The second-order valence-corrected chi connectivity index (χ2v) is 5.69. The first kappa shape index (κ1) is 11.5. The van der Waals surface area contributed by atoms with Gasteiger partial charge in [0.05, 0.1) is 6.61 Å². The topological polar surface area (TPSA) is 41.6 Å². The van der Waals surface area contributed by atoms with E-state index in [0.717, 1.165) is 26.2 Å². The third-order valence-electron chi connectivity index (χ3n) is 4.63. The van der Waals surface area contributed by atoms with Crippen LogP contribution in [-0.4, -0.2) is 48.7 Å². The lowest BCUT2D eigenvalue weighted by Crippen LogP contribution is -2.46. The van der Waals surface area contributed by atoms with Gasteiger partial charge in [0, 0.05) is 37.7 Å². The van der Waals surface area contributed by atoms with Gasteiger partial charge in [-0.2, -0.15) is 0 Å². The molecule has 1 N–H and O–H groups in total. The summed E-state index contributed by atoms with van der Waals surface area (Å²) in [4.78, 5) is 13.9. The monoisotopic (exact) mass is 238 g/mol. The summed E-state index contributed by atoms with van der Waals surface area (Å²) in [6.45, 7) is 4.99. The molecule has 4 unspecified atom stereocenters. The second kappa shape index (κ2) is 4.58. The fourth-order valence-corrected chi connectivity index (χ4v) is 3.55. The molecule has 0 radical (unpaired) electrons. The molecule has 0 spiro atoms. The molecule has 96 valence electrons. The van der Waals surface area contributed by atoms with Gasteiger partial charge in [0.1, 0.15) is 0 Å². The van der Waals surface area contributed by atoms with Crippen molar-refractivity contribution in [2.24, 2.45) is 5.92 Å². The fourth-order valence-electron chi connectivity index (χ4n) is 3.55. The van der Waals surface area contributed by atoms with Crippen LogP contribution < -0.4 is 5.32 Å². The maximum atomic E-state index is 11.8. The summed E-state index contributed by atoms with van der Waals surface area (Å²) >= 11 is 0. The predicted octanol–water partition coefficient (Wildman–Crippen LogP) is 0.764. The van der Waals surface area contributed by atoms with Crippen molar-refractivity contribution in [1.82, 2.24) is 10.2 Å². The van der Waals surface area contributed by atoms with E-state index in [1.807, 2.05) is 0 Å². The van der Waals surface area contributed by atoms with Crippen LogP contribution in [0.15, 0.2) is 0 Å². The fraction of sp³-hybridized carbons (Fsp3) is 0.923. The number of nitrogens with one attached hydrogen (secondary N) is 1. The standard InChI is InChI=1S/C13H22N2O2/c1-9(10-4-6-17-8-10)14-11-7-13(16)15-5-2-3-12(11)15/h9-12,14H,2-8H2,1H3. The number of amides is 1. The molecule has 17 heavy (non-hydrogen) atoms. The minimum atomic E-state index is 0.347. The Morgan fingerprint density at radius 1 is 1.47 bits per heavy atom. The minimum Gasteiger partial charge on any atom is -0.381 e. The van der Waals surface area contributed by atoms with Gasteiger partial charge in [0.15, 0.2) is 0 Å². The molecule has 0 aliphatic carbocycles. The summed E-state index contributed by atoms with van der Waals surface area (Å²) in [6.07, 6.45) is 4.21. The summed E-state index contributed by atoms with van der Waals surface area (Å²) in [7, 11) is 0. The lowest BCUT2D eigenvalue weighted by molar-refractivity contribution is -0.127. The van der Waals surface area contributed by atoms with E-state index in [0.29, 0.717) is 36.4 Å². The lowest BCUT2D eigenvalue weighted by atomic mass is 9.98. The summed E-state index contributed by atoms with van der Waals surface area (Å²) in [5, 5.41) is 3.68. The highest BCUT2D eigenvalue weighted by molar-refractivity contribution is 5.80. The van der Waals surface area contributed by atoms with Crippen LogP contribution in [0.3, 0.4) is 0 Å². The number of carbonyl (C=O) groups is 1. The first-order valence-corrected chi connectivity index (χ1v) is 6.89. The molecule has 1 amide bonds. The molecule has 0 aromatic rings. The number of hydrogen-bond acceptors (Lipinski definition) is 3. The molecule has 0 aromatic carbocycles. The molecular formula is C13H22N2O2. The zero-order valence-electron chi connectivity index (χ0n) is 10.5. The Balaban J connectivity index is 1.59. The number of fused-ring (bicyclic) bond motifs is 1. The molecule has 3 heterocycles. The number of hydrogen-bond donors (Lipinski definition) is 1. The van der Waals surface area contributed by atoms with Gasteiger partial charge >= 0.3 is 0 Å². The number of ether oxygens (including phenoxy) is 1. The molecule has 3 aliphatic heterocycles. The van der Waals surface area contributed by atoms with E-state index in [-0.39, 0.29) is 0 Å². The predicted molar refractivity (Wildman–Crippen MR) is 64.7 cm³/mol. The molecule has 3 aliphatic rings. The van der Waals surface area contributed by atoms with Crippen molar-refractivity contribution in [3.8, 4) is 0 Å². The third kappa shape index (κ3) is 2.08. The van der Waals surface area contributed by atoms with Gasteiger partial charge in [-0.05, 0) is 32.1 Å². The molecule has 0 aromatic heterocycles. The van der Waals surface area contributed by atoms with Gasteiger partial charge in [-0.3, -0.25) is 4.79 Å². The Labute approximate surface area is 103 Å². The van der Waals surface area contributed by atoms with Crippen LogP contribution in [0.5, 0.6) is 0 Å². The van der Waals surface area contributed by atoms with Crippen LogP contribution >= 0.6 is 0 Å². The highest BCUT2D eigenvalue weighted by atomic mass is 16.5. The van der Waals surface area contributed by atoms with E-state index in [1.165, 1.54) is 12.8 Å². The van der Waals surface area contributed by atoms with E-state index >= 15 is 0 Å². The quantitative estimate of drug-likeness (QED) is 0.789. The van der Waals surface area contributed by atoms with Gasteiger partial charge < -0.3 is 15.0 Å². The molecule has 4 nitrogen and oxygen atoms in total. The highest BCUT2D eigenvalue weighted by Gasteiger charge is 2.43. The molecule has 0 bridgehead atoms. The summed E-state index contributed by atoms with van der Waals surface area (Å²) < 4.78 is 5.43. The van der Waals surface area contributed by atoms with Crippen molar-refractivity contribution < 1.29 is 9.53 Å². The summed E-state index contributed by atoms with van der Waals surface area (Å²) in [6, 6.07) is 1.31. The Morgan fingerprint density at radius 2 is 2.35 bits per heavy atom. The minimum absolute atomic E-state index is 0.347. The normalized spacial score (nSPS) is 38.8. The van der Waals surface area contributed by atoms with Crippen molar-refractivity contribution in [2.75, 3.05) is 19.8 Å². The summed E-state index contributed by atoms with van der Waals surface area (Å²) in [5.41, 5.74) is 0. The van der Waals surface area contributed by atoms with Gasteiger partial charge in [0.25, 0.3) is 0 Å². The lowest BCUT2D eigenvalue weighted by Gasteiger charge is -2.27. The van der Waals surface area contributed by atoms with Crippen molar-refractivity contribution in [2.45, 2.75) is 50.7 Å². The first-order chi connectivity index (χ1) is 8.25. The molecular weight excluding hydrogens is 216 g/mol. The Hall–Kier alpha value is -0.610. The van der Waals surface area contributed by atoms with Gasteiger partial charge in [-0.25, -0.2) is 0 Å². The van der Waals surface area contributed by atoms with E-state index in [1.54, 1.807) is 0 Å². The van der Waals surface area contributed by atoms with Gasteiger partial charge in [-0.1, -0.05) is 0 Å². The Bertz CT molecular complexity index is 302. The van der Waals surface area contributed by atoms with Gasteiger partial charge in [0.2, 0.25) is 5.91 Å². The van der Waals surface area contributed by atoms with Crippen LogP contribution in [-0.2, 0) is 9.53 Å². The van der Waals surface area contributed by atoms with Crippen LogP contribution in [0.4, 0.5) is 0 Å². The van der Waals surface area contributed by atoms with Crippen LogP contribution in [0.1, 0.15) is 32.6 Å². The Morgan fingerprint density at radius 3 is 3.12 bits per heavy atom. The smallest absolute Gasteiger partial charge is 0.224 e. The van der Waals surface area contributed by atoms with E-state index in [2.05, 4.69) is 17.1 Å². The maximum absolute atomic E-state index is 11.8. The average molecular weight is 238 g/mol. The molecule has 3 fully saturated rings. The zero-order chi connectivity index (χ0) is 11.8. The molecule has 3 rings (SSSR count). The Kier molecular flexibility index (Phi) is 3.09. The van der Waals surface area contributed by atoms with E-state index in [4.69, 9.17) is 4.74 Å². The first-order valence-electron chi connectivity index (χ1n) is 6.89. The molecule has 4 heteroatoms. The van der Waals surface area contributed by atoms with Crippen LogP contribution in [0, 0.1) is 5.92 Å². The van der Waals surface area contributed by atoms with E-state index in [9.17, 15) is 4.79 Å². The third-order valence-corrected chi connectivity index (χ3v) is 4.63. The maximum Gasteiger partial charge on any atom is 0.224 e. The van der Waals surface area contributed by atoms with Crippen LogP contribution in [0.2, 0.25) is 0 Å². The highest BCUT2D eigenvalue weighted by Crippen LogP contribution is 2.30. The van der Waals surface area contributed by atoms with Crippen molar-refractivity contribution in [3.05, 3.63) is 0 Å². The second-order valence-electron chi connectivity index (χ2n) is 5.69. The number of carbonyl (C=O) groups excluding carboxylic acids is 1. The van der Waals surface area contributed by atoms with E-state index < -0.39 is 0 Å². The molecule has 3 saturated heterocycles. The van der Waals surface area contributed by atoms with Crippen molar-refractivity contribution >= 4 is 5.91 Å². The van der Waals surface area contributed by atoms with Crippen LogP contribution in [0.25, 0.3) is 0 Å². The van der Waals surface area contributed by atoms with Crippen molar-refractivity contribution in [1.29, 1.82) is 0 Å². The number of rotatable bonds is 3. The molecule has 0 saturated carbocycles. The average Bonchev–Trinajstić information content (AvgIpc) is 3.00. The SMILES string of the molecule is CC(NC1CC(=O)N2CCCC12)C1CCOC1.